The molecule has 0 aromatic carbocycles. The summed E-state index contributed by atoms with van der Waals surface area (Å²) in [5.41, 5.74) is 2.89. The Balaban J connectivity index is 0.000000531. The minimum absolute atomic E-state index is 0.0702. The van der Waals surface area contributed by atoms with Crippen LogP contribution in [0.3, 0.4) is 0 Å². The molecular weight excluding hydrogens is 188 g/mol. The van der Waals surface area contributed by atoms with Gasteiger partial charge in [0, 0.05) is 5.56 Å². The van der Waals surface area contributed by atoms with Gasteiger partial charge < -0.3 is 4.98 Å². The van der Waals surface area contributed by atoms with Crippen LogP contribution in [0.25, 0.3) is 11.2 Å². The van der Waals surface area contributed by atoms with Gasteiger partial charge in [0.2, 0.25) is 0 Å². The average molecular weight is 206 g/mol. The Bertz CT molecular complexity index is 425. The topological polar surface area (TPSA) is 54.5 Å². The summed E-state index contributed by atoms with van der Waals surface area (Å²) in [7, 11) is 0. The zero-order valence-electron chi connectivity index (χ0n) is 10.00. The number of nitrogens with one attached hydrogen (secondary N) is 1. The van der Waals surface area contributed by atoms with Gasteiger partial charge >= 0.3 is 0 Å². The molecule has 0 aliphatic rings. The number of H-pyrrole nitrogens is 1. The highest BCUT2D eigenvalue weighted by molar-refractivity contribution is 5.74. The Morgan fingerprint density at radius 2 is 1.87 bits per heavy atom. The summed E-state index contributed by atoms with van der Waals surface area (Å²) in [5.74, 6) is 0. The first-order valence-corrected chi connectivity index (χ1v) is 5.24. The molecule has 0 atom stereocenters. The summed E-state index contributed by atoms with van der Waals surface area (Å²) in [6, 6.07) is 0. The lowest BCUT2D eigenvalue weighted by molar-refractivity contribution is 0.590. The van der Waals surface area contributed by atoms with E-state index in [0.29, 0.717) is 5.65 Å². The first-order valence-electron chi connectivity index (χ1n) is 5.24. The lowest BCUT2D eigenvalue weighted by Crippen LogP contribution is -2.12. The molecule has 0 spiro atoms. The van der Waals surface area contributed by atoms with Crippen molar-refractivity contribution >= 4 is 11.2 Å². The lowest BCUT2D eigenvalue weighted by atomic mass is 9.88. The van der Waals surface area contributed by atoms with Crippen LogP contribution in [-0.2, 0) is 5.41 Å². The van der Waals surface area contributed by atoms with Crippen LogP contribution in [0.15, 0.2) is 12.5 Å². The number of fused-ring (bicyclic) bond motifs is 1. The predicted molar refractivity (Wildman–Crippen MR) is 61.7 cm³/mol. The van der Waals surface area contributed by atoms with Crippen LogP contribution >= 0.6 is 0 Å². The summed E-state index contributed by atoms with van der Waals surface area (Å²) in [6.45, 7) is 10.4. The van der Waals surface area contributed by atoms with Gasteiger partial charge in [-0.1, -0.05) is 34.6 Å². The van der Waals surface area contributed by atoms with Crippen LogP contribution < -0.4 is 0 Å². The average Bonchev–Trinajstić information content (AvgIpc) is 2.66. The molecule has 2 rings (SSSR count). The van der Waals surface area contributed by atoms with Crippen molar-refractivity contribution in [3.63, 3.8) is 0 Å². The Hall–Kier alpha value is -1.45. The number of aromatic nitrogens is 4. The van der Waals surface area contributed by atoms with E-state index in [1.165, 1.54) is 0 Å². The highest BCUT2D eigenvalue weighted by Gasteiger charge is 2.18. The first kappa shape index (κ1) is 11.6. The van der Waals surface area contributed by atoms with Crippen LogP contribution in [0.5, 0.6) is 0 Å². The SMILES string of the molecule is CC.CC(C)(C)c1cnnc2nc[nH]c12. The normalized spacial score (nSPS) is 11.0. The van der Waals surface area contributed by atoms with Crippen molar-refractivity contribution < 1.29 is 0 Å². The molecule has 0 fully saturated rings. The van der Waals surface area contributed by atoms with E-state index in [9.17, 15) is 0 Å². The molecule has 0 saturated heterocycles. The quantitative estimate of drug-likeness (QED) is 0.721. The van der Waals surface area contributed by atoms with Gasteiger partial charge in [-0.25, -0.2) is 4.98 Å². The lowest BCUT2D eigenvalue weighted by Gasteiger charge is -2.18. The standard InChI is InChI=1S/C9H12N4.C2H6/c1-9(2,3)6-4-12-13-8-7(6)10-5-11-8;1-2/h4-5H,1-3H3,(H,10,11,13);1-2H3. The second kappa shape index (κ2) is 4.38. The minimum atomic E-state index is 0.0702. The van der Waals surface area contributed by atoms with Gasteiger partial charge in [0.1, 0.15) is 0 Å². The number of nitrogens with zero attached hydrogens (tertiary/aromatic N) is 3. The Kier molecular flexibility index (Phi) is 3.39. The van der Waals surface area contributed by atoms with Crippen molar-refractivity contribution in [2.45, 2.75) is 40.0 Å². The van der Waals surface area contributed by atoms with E-state index in [-0.39, 0.29) is 5.41 Å². The molecule has 0 saturated carbocycles. The molecule has 0 aliphatic carbocycles. The summed E-state index contributed by atoms with van der Waals surface area (Å²) in [4.78, 5) is 7.14. The minimum Gasteiger partial charge on any atom is -0.343 e. The van der Waals surface area contributed by atoms with Gasteiger partial charge in [-0.3, -0.25) is 0 Å². The maximum Gasteiger partial charge on any atom is 0.199 e. The smallest absolute Gasteiger partial charge is 0.199 e. The largest absolute Gasteiger partial charge is 0.343 e. The van der Waals surface area contributed by atoms with E-state index in [2.05, 4.69) is 40.9 Å². The van der Waals surface area contributed by atoms with Gasteiger partial charge in [0.15, 0.2) is 5.65 Å². The molecule has 1 N–H and O–H groups in total. The molecule has 0 unspecified atom stereocenters. The summed E-state index contributed by atoms with van der Waals surface area (Å²) < 4.78 is 0. The van der Waals surface area contributed by atoms with E-state index in [0.717, 1.165) is 11.1 Å². The maximum atomic E-state index is 4.06. The zero-order valence-corrected chi connectivity index (χ0v) is 10.00. The van der Waals surface area contributed by atoms with Gasteiger partial charge in [-0.2, -0.15) is 5.10 Å². The van der Waals surface area contributed by atoms with Crippen LogP contribution in [-0.4, -0.2) is 20.2 Å². The summed E-state index contributed by atoms with van der Waals surface area (Å²) >= 11 is 0. The molecule has 2 aromatic rings. The van der Waals surface area contributed by atoms with Crippen molar-refractivity contribution in [1.29, 1.82) is 0 Å². The van der Waals surface area contributed by atoms with Crippen molar-refractivity contribution in [3.8, 4) is 0 Å². The van der Waals surface area contributed by atoms with Crippen LogP contribution in [0.1, 0.15) is 40.2 Å². The van der Waals surface area contributed by atoms with Crippen molar-refractivity contribution in [1.82, 2.24) is 20.2 Å². The molecule has 2 aromatic heterocycles. The van der Waals surface area contributed by atoms with Crippen LogP contribution in [0, 0.1) is 0 Å². The van der Waals surface area contributed by atoms with Gasteiger partial charge in [0.25, 0.3) is 0 Å². The third-order valence-corrected chi connectivity index (χ3v) is 2.04. The molecule has 15 heavy (non-hydrogen) atoms. The maximum absolute atomic E-state index is 4.06. The van der Waals surface area contributed by atoms with Crippen molar-refractivity contribution in [2.24, 2.45) is 0 Å². The molecule has 0 radical (unpaired) electrons. The monoisotopic (exact) mass is 206 g/mol. The Morgan fingerprint density at radius 3 is 2.47 bits per heavy atom. The fraction of sp³-hybridized carbons (Fsp3) is 0.545. The summed E-state index contributed by atoms with van der Waals surface area (Å²) in [6.07, 6.45) is 3.44. The molecule has 0 amide bonds. The fourth-order valence-electron chi connectivity index (χ4n) is 1.34. The number of hydrogen-bond donors (Lipinski definition) is 1. The Labute approximate surface area is 90.1 Å². The van der Waals surface area contributed by atoms with E-state index in [1.807, 2.05) is 13.8 Å². The van der Waals surface area contributed by atoms with E-state index in [4.69, 9.17) is 0 Å². The Morgan fingerprint density at radius 1 is 1.20 bits per heavy atom. The molecule has 4 heteroatoms. The molecular formula is C11H18N4. The second-order valence-corrected chi connectivity index (χ2v) is 4.11. The first-order chi connectivity index (χ1) is 7.09. The highest BCUT2D eigenvalue weighted by Crippen LogP contribution is 2.25. The number of aromatic amines is 1. The molecule has 4 nitrogen and oxygen atoms in total. The third-order valence-electron chi connectivity index (χ3n) is 2.04. The highest BCUT2D eigenvalue weighted by atomic mass is 15.1. The second-order valence-electron chi connectivity index (χ2n) is 4.11. The number of imidazole rings is 1. The van der Waals surface area contributed by atoms with Crippen molar-refractivity contribution in [2.75, 3.05) is 0 Å². The van der Waals surface area contributed by atoms with E-state index < -0.39 is 0 Å². The number of rotatable bonds is 0. The molecule has 82 valence electrons. The van der Waals surface area contributed by atoms with Crippen LogP contribution in [0.4, 0.5) is 0 Å². The van der Waals surface area contributed by atoms with Gasteiger partial charge in [0.05, 0.1) is 18.0 Å². The molecule has 2 heterocycles. The van der Waals surface area contributed by atoms with Crippen molar-refractivity contribution in [3.05, 3.63) is 18.1 Å². The predicted octanol–water partition coefficient (Wildman–Crippen LogP) is 2.68. The summed E-state index contributed by atoms with van der Waals surface area (Å²) in [5, 5.41) is 7.84. The van der Waals surface area contributed by atoms with Gasteiger partial charge in [-0.05, 0) is 5.41 Å². The molecule has 0 bridgehead atoms. The van der Waals surface area contributed by atoms with Gasteiger partial charge in [-0.15, -0.1) is 5.10 Å². The van der Waals surface area contributed by atoms with Crippen LogP contribution in [0.2, 0.25) is 0 Å². The van der Waals surface area contributed by atoms with E-state index in [1.54, 1.807) is 12.5 Å². The van der Waals surface area contributed by atoms with E-state index >= 15 is 0 Å². The zero-order chi connectivity index (χ0) is 11.5. The number of hydrogen-bond acceptors (Lipinski definition) is 3. The fourth-order valence-corrected chi connectivity index (χ4v) is 1.34. The third kappa shape index (κ3) is 2.32. The molecule has 0 aliphatic heterocycles.